The number of carbonyl (C=O) groups is 1. The SMILES string of the molecule is CC1OCCC1NC(=O)NCC1(O)CCC(C(C)(C)C)CC1. The normalized spacial score (nSPS) is 36.1. The molecule has 0 aromatic carbocycles. The molecule has 128 valence electrons. The molecular weight excluding hydrogens is 280 g/mol. The smallest absolute Gasteiger partial charge is 0.315 e. The molecule has 5 nitrogen and oxygen atoms in total. The largest absolute Gasteiger partial charge is 0.388 e. The van der Waals surface area contributed by atoms with E-state index in [9.17, 15) is 9.90 Å². The predicted octanol–water partition coefficient (Wildman–Crippen LogP) is 2.43. The van der Waals surface area contributed by atoms with Crippen LogP contribution in [0, 0.1) is 11.3 Å². The Hall–Kier alpha value is -0.810. The Morgan fingerprint density at radius 1 is 1.27 bits per heavy atom. The maximum absolute atomic E-state index is 12.0. The number of urea groups is 1. The van der Waals surface area contributed by atoms with Crippen molar-refractivity contribution < 1.29 is 14.6 Å². The van der Waals surface area contributed by atoms with Crippen LogP contribution in [0.1, 0.15) is 59.8 Å². The number of carbonyl (C=O) groups excluding carboxylic acids is 1. The molecule has 3 N–H and O–H groups in total. The van der Waals surface area contributed by atoms with E-state index >= 15 is 0 Å². The minimum atomic E-state index is -0.753. The van der Waals surface area contributed by atoms with Gasteiger partial charge in [-0.1, -0.05) is 20.8 Å². The van der Waals surface area contributed by atoms with Crippen LogP contribution >= 0.6 is 0 Å². The molecule has 2 amide bonds. The van der Waals surface area contributed by atoms with Crippen molar-refractivity contribution >= 4 is 6.03 Å². The Kier molecular flexibility index (Phi) is 5.38. The van der Waals surface area contributed by atoms with Crippen molar-refractivity contribution in [3.63, 3.8) is 0 Å². The third-order valence-electron chi connectivity index (χ3n) is 5.41. The maximum atomic E-state index is 12.0. The molecule has 2 fully saturated rings. The second kappa shape index (κ2) is 6.75. The predicted molar refractivity (Wildman–Crippen MR) is 86.7 cm³/mol. The Bertz CT molecular complexity index is 384. The van der Waals surface area contributed by atoms with Crippen LogP contribution in [0.5, 0.6) is 0 Å². The second-order valence-corrected chi connectivity index (χ2v) is 8.16. The summed E-state index contributed by atoms with van der Waals surface area (Å²) in [6, 6.07) is -0.125. The van der Waals surface area contributed by atoms with Gasteiger partial charge < -0.3 is 20.5 Å². The van der Waals surface area contributed by atoms with Crippen LogP contribution in [0.2, 0.25) is 0 Å². The van der Waals surface area contributed by atoms with Crippen molar-refractivity contribution in [2.24, 2.45) is 11.3 Å². The van der Waals surface area contributed by atoms with E-state index in [2.05, 4.69) is 31.4 Å². The average Bonchev–Trinajstić information content (AvgIpc) is 2.82. The zero-order valence-corrected chi connectivity index (χ0v) is 14.4. The molecule has 22 heavy (non-hydrogen) atoms. The molecule has 2 aliphatic rings. The Morgan fingerprint density at radius 2 is 1.91 bits per heavy atom. The summed E-state index contributed by atoms with van der Waals surface area (Å²) in [6.07, 6.45) is 4.49. The minimum Gasteiger partial charge on any atom is -0.388 e. The van der Waals surface area contributed by atoms with E-state index in [0.717, 1.165) is 32.1 Å². The highest BCUT2D eigenvalue weighted by atomic mass is 16.5. The molecule has 2 unspecified atom stereocenters. The van der Waals surface area contributed by atoms with Gasteiger partial charge in [-0.3, -0.25) is 0 Å². The van der Waals surface area contributed by atoms with E-state index in [-0.39, 0.29) is 18.2 Å². The highest BCUT2D eigenvalue weighted by Gasteiger charge is 2.37. The average molecular weight is 312 g/mol. The molecular formula is C17H32N2O3. The number of aliphatic hydroxyl groups is 1. The van der Waals surface area contributed by atoms with Crippen LogP contribution in [-0.2, 0) is 4.74 Å². The molecule has 1 aliphatic carbocycles. The molecule has 2 rings (SSSR count). The lowest BCUT2D eigenvalue weighted by molar-refractivity contribution is -0.0219. The van der Waals surface area contributed by atoms with E-state index in [1.54, 1.807) is 0 Å². The van der Waals surface area contributed by atoms with E-state index in [1.165, 1.54) is 0 Å². The van der Waals surface area contributed by atoms with Gasteiger partial charge in [0, 0.05) is 13.2 Å². The van der Waals surface area contributed by atoms with Gasteiger partial charge >= 0.3 is 6.03 Å². The Balaban J connectivity index is 1.73. The fourth-order valence-corrected chi connectivity index (χ4v) is 3.58. The third kappa shape index (κ3) is 4.59. The third-order valence-corrected chi connectivity index (χ3v) is 5.41. The van der Waals surface area contributed by atoms with E-state index in [0.29, 0.717) is 24.5 Å². The molecule has 2 atom stereocenters. The van der Waals surface area contributed by atoms with Crippen LogP contribution in [0.25, 0.3) is 0 Å². The summed E-state index contributed by atoms with van der Waals surface area (Å²) < 4.78 is 5.43. The summed E-state index contributed by atoms with van der Waals surface area (Å²) in [4.78, 5) is 12.0. The quantitative estimate of drug-likeness (QED) is 0.749. The van der Waals surface area contributed by atoms with Crippen molar-refractivity contribution in [2.75, 3.05) is 13.2 Å². The van der Waals surface area contributed by atoms with Gasteiger partial charge in [0.1, 0.15) is 0 Å². The zero-order chi connectivity index (χ0) is 16.4. The first kappa shape index (κ1) is 17.5. The lowest BCUT2D eigenvalue weighted by Crippen LogP contribution is -2.51. The van der Waals surface area contributed by atoms with Crippen LogP contribution < -0.4 is 10.6 Å². The van der Waals surface area contributed by atoms with Crippen LogP contribution in [-0.4, -0.2) is 42.0 Å². The zero-order valence-electron chi connectivity index (χ0n) is 14.4. The van der Waals surface area contributed by atoms with Gasteiger partial charge in [-0.05, 0) is 50.4 Å². The van der Waals surface area contributed by atoms with Gasteiger partial charge in [-0.15, -0.1) is 0 Å². The maximum Gasteiger partial charge on any atom is 0.315 e. The molecule has 1 saturated carbocycles. The molecule has 1 saturated heterocycles. The molecule has 0 bridgehead atoms. The summed E-state index contributed by atoms with van der Waals surface area (Å²) >= 11 is 0. The van der Waals surface area contributed by atoms with Crippen LogP contribution in [0.3, 0.4) is 0 Å². The highest BCUT2D eigenvalue weighted by molar-refractivity contribution is 5.74. The summed E-state index contributed by atoms with van der Waals surface area (Å²) in [5.41, 5.74) is -0.457. The minimum absolute atomic E-state index is 0.0658. The lowest BCUT2D eigenvalue weighted by Gasteiger charge is -2.41. The van der Waals surface area contributed by atoms with Gasteiger partial charge in [0.05, 0.1) is 17.7 Å². The molecule has 0 aromatic heterocycles. The lowest BCUT2D eigenvalue weighted by atomic mass is 9.68. The monoisotopic (exact) mass is 312 g/mol. The standard InChI is InChI=1S/C17H32N2O3/c1-12-14(7-10-22-12)19-15(20)18-11-17(21)8-5-13(6-9-17)16(2,3)4/h12-14,21H,5-11H2,1-4H3,(H2,18,19,20). The first-order valence-corrected chi connectivity index (χ1v) is 8.58. The number of nitrogens with one attached hydrogen (secondary N) is 2. The summed E-state index contributed by atoms with van der Waals surface area (Å²) in [6.45, 7) is 9.79. The van der Waals surface area contributed by atoms with Gasteiger partial charge in [-0.2, -0.15) is 0 Å². The van der Waals surface area contributed by atoms with Crippen LogP contribution in [0.15, 0.2) is 0 Å². The van der Waals surface area contributed by atoms with E-state index < -0.39 is 5.60 Å². The van der Waals surface area contributed by atoms with Crippen molar-refractivity contribution in [3.05, 3.63) is 0 Å². The summed E-state index contributed by atoms with van der Waals surface area (Å²) in [7, 11) is 0. The number of ether oxygens (including phenoxy) is 1. The Labute approximate surface area is 134 Å². The topological polar surface area (TPSA) is 70.6 Å². The molecule has 5 heteroatoms. The summed E-state index contributed by atoms with van der Waals surface area (Å²) in [5, 5.41) is 16.4. The van der Waals surface area contributed by atoms with Crippen molar-refractivity contribution in [3.8, 4) is 0 Å². The van der Waals surface area contributed by atoms with Crippen LogP contribution in [0.4, 0.5) is 4.79 Å². The number of hydrogen-bond acceptors (Lipinski definition) is 3. The van der Waals surface area contributed by atoms with Crippen molar-refractivity contribution in [2.45, 2.75) is 77.5 Å². The van der Waals surface area contributed by atoms with Gasteiger partial charge in [0.2, 0.25) is 0 Å². The molecule has 1 heterocycles. The molecule has 1 aliphatic heterocycles. The first-order chi connectivity index (χ1) is 10.2. The first-order valence-electron chi connectivity index (χ1n) is 8.58. The number of amides is 2. The molecule has 0 aromatic rings. The molecule has 0 spiro atoms. The van der Waals surface area contributed by atoms with Crippen molar-refractivity contribution in [1.82, 2.24) is 10.6 Å². The van der Waals surface area contributed by atoms with E-state index in [4.69, 9.17) is 4.74 Å². The van der Waals surface area contributed by atoms with Crippen molar-refractivity contribution in [1.29, 1.82) is 0 Å². The highest BCUT2D eigenvalue weighted by Crippen LogP contribution is 2.41. The summed E-state index contributed by atoms with van der Waals surface area (Å²) in [5.74, 6) is 0.651. The van der Waals surface area contributed by atoms with Gasteiger partial charge in [0.15, 0.2) is 0 Å². The second-order valence-electron chi connectivity index (χ2n) is 8.16. The van der Waals surface area contributed by atoms with Gasteiger partial charge in [-0.25, -0.2) is 4.79 Å². The number of hydrogen-bond donors (Lipinski definition) is 3. The number of rotatable bonds is 3. The molecule has 0 radical (unpaired) electrons. The van der Waals surface area contributed by atoms with Gasteiger partial charge in [0.25, 0.3) is 0 Å². The van der Waals surface area contributed by atoms with E-state index in [1.807, 2.05) is 6.92 Å². The fraction of sp³-hybridized carbons (Fsp3) is 0.941. The Morgan fingerprint density at radius 3 is 2.41 bits per heavy atom. The fourth-order valence-electron chi connectivity index (χ4n) is 3.58.